The van der Waals surface area contributed by atoms with Gasteiger partial charge in [0.2, 0.25) is 0 Å². The fourth-order valence-electron chi connectivity index (χ4n) is 1.45. The summed E-state index contributed by atoms with van der Waals surface area (Å²) in [7, 11) is 0. The number of aliphatic carboxylic acids is 1. The molecule has 1 aromatic carbocycles. The zero-order valence-electron chi connectivity index (χ0n) is 9.90. The van der Waals surface area contributed by atoms with Gasteiger partial charge in [0.15, 0.2) is 6.10 Å². The fraction of sp³-hybridized carbons (Fsp3) is 0.462. The lowest BCUT2D eigenvalue weighted by molar-refractivity contribution is -0.146. The highest BCUT2D eigenvalue weighted by Crippen LogP contribution is 2.22. The van der Waals surface area contributed by atoms with Crippen molar-refractivity contribution in [2.45, 2.75) is 38.7 Å². The molecule has 0 saturated heterocycles. The van der Waals surface area contributed by atoms with Crippen LogP contribution in [-0.2, 0) is 16.6 Å². The predicted octanol–water partition coefficient (Wildman–Crippen LogP) is 1.97. The van der Waals surface area contributed by atoms with Crippen LogP contribution in [0.5, 0.6) is 0 Å². The van der Waals surface area contributed by atoms with Gasteiger partial charge in [0, 0.05) is 6.42 Å². The molecule has 0 spiro atoms. The molecule has 0 unspecified atom stereocenters. The number of benzene rings is 1. The summed E-state index contributed by atoms with van der Waals surface area (Å²) >= 11 is 0. The van der Waals surface area contributed by atoms with Crippen molar-refractivity contribution in [3.63, 3.8) is 0 Å². The van der Waals surface area contributed by atoms with Gasteiger partial charge in [-0.2, -0.15) is 0 Å². The van der Waals surface area contributed by atoms with Crippen LogP contribution in [0.2, 0.25) is 0 Å². The van der Waals surface area contributed by atoms with Gasteiger partial charge in [0.25, 0.3) is 0 Å². The van der Waals surface area contributed by atoms with Crippen molar-refractivity contribution in [2.24, 2.45) is 0 Å². The van der Waals surface area contributed by atoms with E-state index in [1.807, 2.05) is 24.3 Å². The van der Waals surface area contributed by atoms with Gasteiger partial charge in [-0.25, -0.2) is 4.79 Å². The second kappa shape index (κ2) is 4.66. The molecule has 0 aliphatic rings. The van der Waals surface area contributed by atoms with Crippen LogP contribution in [-0.4, -0.2) is 22.3 Å². The molecule has 0 aromatic heterocycles. The molecule has 3 nitrogen and oxygen atoms in total. The molecule has 16 heavy (non-hydrogen) atoms. The maximum atomic E-state index is 10.5. The second-order valence-corrected chi connectivity index (χ2v) is 5.01. The Balaban J connectivity index is 2.76. The molecule has 1 atom stereocenters. The highest BCUT2D eigenvalue weighted by atomic mass is 16.4. The average Bonchev–Trinajstić information content (AvgIpc) is 2.17. The van der Waals surface area contributed by atoms with E-state index in [4.69, 9.17) is 5.11 Å². The van der Waals surface area contributed by atoms with Crippen LogP contribution in [0.1, 0.15) is 31.9 Å². The number of rotatable bonds is 3. The van der Waals surface area contributed by atoms with E-state index >= 15 is 0 Å². The molecule has 0 aliphatic heterocycles. The summed E-state index contributed by atoms with van der Waals surface area (Å²) in [6, 6.07) is 7.69. The molecular formula is C13H18O3. The molecule has 1 aromatic rings. The zero-order chi connectivity index (χ0) is 12.3. The van der Waals surface area contributed by atoms with E-state index < -0.39 is 12.1 Å². The van der Waals surface area contributed by atoms with E-state index in [-0.39, 0.29) is 11.8 Å². The van der Waals surface area contributed by atoms with Crippen LogP contribution in [0, 0.1) is 0 Å². The van der Waals surface area contributed by atoms with Gasteiger partial charge in [-0.1, -0.05) is 45.0 Å². The van der Waals surface area contributed by atoms with Crippen molar-refractivity contribution in [1.29, 1.82) is 0 Å². The third-order valence-electron chi connectivity index (χ3n) is 2.53. The molecule has 88 valence electrons. The van der Waals surface area contributed by atoms with E-state index in [2.05, 4.69) is 20.8 Å². The van der Waals surface area contributed by atoms with E-state index in [9.17, 15) is 9.90 Å². The van der Waals surface area contributed by atoms with Crippen LogP contribution in [0.25, 0.3) is 0 Å². The normalized spacial score (nSPS) is 13.5. The van der Waals surface area contributed by atoms with Gasteiger partial charge in [0.05, 0.1) is 0 Å². The van der Waals surface area contributed by atoms with Crippen molar-refractivity contribution in [3.8, 4) is 0 Å². The van der Waals surface area contributed by atoms with Crippen LogP contribution in [0.3, 0.4) is 0 Å². The minimum atomic E-state index is -1.32. The first kappa shape index (κ1) is 12.7. The Kier molecular flexibility index (Phi) is 3.70. The first-order valence-corrected chi connectivity index (χ1v) is 5.31. The summed E-state index contributed by atoms with van der Waals surface area (Å²) < 4.78 is 0. The second-order valence-electron chi connectivity index (χ2n) is 5.01. The largest absolute Gasteiger partial charge is 0.479 e. The van der Waals surface area contributed by atoms with Crippen molar-refractivity contribution in [2.75, 3.05) is 0 Å². The molecule has 0 fully saturated rings. The lowest BCUT2D eigenvalue weighted by Gasteiger charge is -2.19. The summed E-state index contributed by atoms with van der Waals surface area (Å²) in [5.74, 6) is -1.18. The van der Waals surface area contributed by atoms with Crippen molar-refractivity contribution >= 4 is 5.97 Å². The van der Waals surface area contributed by atoms with Crippen molar-refractivity contribution in [3.05, 3.63) is 35.4 Å². The number of carboxylic acid groups (broad SMARTS) is 1. The van der Waals surface area contributed by atoms with Gasteiger partial charge in [-0.05, 0) is 16.5 Å². The molecule has 0 saturated carbocycles. The number of carbonyl (C=O) groups is 1. The maximum Gasteiger partial charge on any atom is 0.332 e. The number of hydrogen-bond donors (Lipinski definition) is 2. The minimum absolute atomic E-state index is 0.0872. The van der Waals surface area contributed by atoms with E-state index in [1.54, 1.807) is 0 Å². The van der Waals surface area contributed by atoms with Crippen molar-refractivity contribution in [1.82, 2.24) is 0 Å². The summed E-state index contributed by atoms with van der Waals surface area (Å²) in [6.45, 7) is 6.36. The topological polar surface area (TPSA) is 57.5 Å². The van der Waals surface area contributed by atoms with Gasteiger partial charge in [-0.3, -0.25) is 0 Å². The monoisotopic (exact) mass is 222 g/mol. The lowest BCUT2D eigenvalue weighted by atomic mass is 9.86. The summed E-state index contributed by atoms with van der Waals surface area (Å²) in [6.07, 6.45) is -1.17. The Morgan fingerprint density at radius 1 is 1.25 bits per heavy atom. The number of carboxylic acids is 1. The molecular weight excluding hydrogens is 204 g/mol. The van der Waals surface area contributed by atoms with Crippen LogP contribution < -0.4 is 0 Å². The third-order valence-corrected chi connectivity index (χ3v) is 2.53. The van der Waals surface area contributed by atoms with Crippen LogP contribution in [0.4, 0.5) is 0 Å². The minimum Gasteiger partial charge on any atom is -0.479 e. The smallest absolute Gasteiger partial charge is 0.332 e. The number of hydrogen-bond acceptors (Lipinski definition) is 2. The number of aliphatic hydroxyl groups is 1. The molecule has 0 radical (unpaired) electrons. The fourth-order valence-corrected chi connectivity index (χ4v) is 1.45. The quantitative estimate of drug-likeness (QED) is 0.822. The molecule has 0 amide bonds. The molecule has 3 heteroatoms. The van der Waals surface area contributed by atoms with Gasteiger partial charge in [0.1, 0.15) is 0 Å². The lowest BCUT2D eigenvalue weighted by Crippen LogP contribution is -2.22. The van der Waals surface area contributed by atoms with Crippen molar-refractivity contribution < 1.29 is 15.0 Å². The van der Waals surface area contributed by atoms with Gasteiger partial charge < -0.3 is 10.2 Å². The van der Waals surface area contributed by atoms with E-state index in [0.29, 0.717) is 0 Å². The summed E-state index contributed by atoms with van der Waals surface area (Å²) in [5.41, 5.74) is 2.12. The van der Waals surface area contributed by atoms with Gasteiger partial charge >= 0.3 is 5.97 Å². The molecule has 0 bridgehead atoms. The average molecular weight is 222 g/mol. The van der Waals surface area contributed by atoms with E-state index in [1.165, 1.54) is 5.56 Å². The predicted molar refractivity (Wildman–Crippen MR) is 62.5 cm³/mol. The Labute approximate surface area is 95.7 Å². The highest BCUT2D eigenvalue weighted by Gasteiger charge is 2.15. The third kappa shape index (κ3) is 3.35. The SMILES string of the molecule is CC(C)(C)c1ccc(C[C@@H](O)C(=O)O)cc1. The Hall–Kier alpha value is -1.35. The first-order valence-electron chi connectivity index (χ1n) is 5.31. The summed E-state index contributed by atoms with van der Waals surface area (Å²) in [4.78, 5) is 10.5. The summed E-state index contributed by atoms with van der Waals surface area (Å²) in [5, 5.41) is 17.8. The number of aliphatic hydroxyl groups excluding tert-OH is 1. The molecule has 0 heterocycles. The zero-order valence-corrected chi connectivity index (χ0v) is 9.90. The first-order chi connectivity index (χ1) is 7.30. The Morgan fingerprint density at radius 2 is 1.75 bits per heavy atom. The van der Waals surface area contributed by atoms with E-state index in [0.717, 1.165) is 5.56 Å². The van der Waals surface area contributed by atoms with Crippen LogP contribution >= 0.6 is 0 Å². The molecule has 2 N–H and O–H groups in total. The maximum absolute atomic E-state index is 10.5. The highest BCUT2D eigenvalue weighted by molar-refractivity contribution is 5.72. The molecule has 0 aliphatic carbocycles. The van der Waals surface area contributed by atoms with Crippen LogP contribution in [0.15, 0.2) is 24.3 Å². The van der Waals surface area contributed by atoms with Gasteiger partial charge in [-0.15, -0.1) is 0 Å². The Bertz CT molecular complexity index is 360. The standard InChI is InChI=1S/C13H18O3/c1-13(2,3)10-6-4-9(5-7-10)8-11(14)12(15)16/h4-7,11,14H,8H2,1-3H3,(H,15,16)/t11-/m1/s1. The molecule has 1 rings (SSSR count). The Morgan fingerprint density at radius 3 is 2.12 bits per heavy atom.